The second kappa shape index (κ2) is 9.85. The van der Waals surface area contributed by atoms with Crippen LogP contribution >= 0.6 is 11.3 Å². The van der Waals surface area contributed by atoms with E-state index in [0.29, 0.717) is 25.2 Å². The van der Waals surface area contributed by atoms with Crippen LogP contribution in [0.2, 0.25) is 0 Å². The van der Waals surface area contributed by atoms with E-state index in [4.69, 9.17) is 0 Å². The monoisotopic (exact) mass is 496 g/mol. The number of hydrogen-bond donors (Lipinski definition) is 0. The molecule has 2 aliphatic rings. The van der Waals surface area contributed by atoms with Gasteiger partial charge in [-0.15, -0.1) is 11.3 Å². The number of aromatic nitrogens is 2. The molecule has 3 aromatic rings. The molecule has 2 fully saturated rings. The molecule has 2 aliphatic heterocycles. The molecule has 1 amide bonds. The lowest BCUT2D eigenvalue weighted by Gasteiger charge is -2.33. The molecule has 5 rings (SSSR count). The summed E-state index contributed by atoms with van der Waals surface area (Å²) < 4.78 is 25.9. The summed E-state index contributed by atoms with van der Waals surface area (Å²) in [5, 5.41) is 6.61. The van der Waals surface area contributed by atoms with Gasteiger partial charge in [0, 0.05) is 32.7 Å². The Kier molecular flexibility index (Phi) is 6.67. The van der Waals surface area contributed by atoms with Crippen molar-refractivity contribution in [1.82, 2.24) is 19.6 Å². The van der Waals surface area contributed by atoms with Crippen LogP contribution in [0.4, 0.5) is 0 Å². The number of rotatable bonds is 6. The molecule has 1 aromatic carbocycles. The number of sulfone groups is 1. The van der Waals surface area contributed by atoms with Gasteiger partial charge in [0.15, 0.2) is 15.5 Å². The van der Waals surface area contributed by atoms with Crippen molar-refractivity contribution >= 4 is 33.2 Å². The molecule has 0 radical (unpaired) electrons. The first-order valence-corrected chi connectivity index (χ1v) is 14.3. The first-order chi connectivity index (χ1) is 16.5. The zero-order valence-electron chi connectivity index (χ0n) is 18.9. The quantitative estimate of drug-likeness (QED) is 0.523. The number of hydrogen-bond acceptors (Lipinski definition) is 6. The summed E-state index contributed by atoms with van der Waals surface area (Å²) in [6, 6.07) is 15.8. The SMILES string of the molecule is O=C(c1cc(-c2cccs2)n([C@H]2CCS(=O)(=O)C2)n1)N1CCN(C/C=C/c2ccccc2)CC1. The van der Waals surface area contributed by atoms with E-state index in [2.05, 4.69) is 34.3 Å². The Balaban J connectivity index is 1.25. The highest BCUT2D eigenvalue weighted by atomic mass is 32.2. The fourth-order valence-electron chi connectivity index (χ4n) is 4.55. The van der Waals surface area contributed by atoms with Crippen LogP contribution in [0.3, 0.4) is 0 Å². The fraction of sp³-hybridized carbons (Fsp3) is 0.360. The maximum atomic E-state index is 13.3. The Hall–Kier alpha value is -2.75. The molecule has 0 aliphatic carbocycles. The maximum Gasteiger partial charge on any atom is 0.274 e. The van der Waals surface area contributed by atoms with Crippen molar-refractivity contribution in [3.8, 4) is 10.6 Å². The number of thiophene rings is 1. The van der Waals surface area contributed by atoms with Crippen LogP contribution in [0.25, 0.3) is 16.6 Å². The summed E-state index contributed by atoms with van der Waals surface area (Å²) in [7, 11) is -3.06. The summed E-state index contributed by atoms with van der Waals surface area (Å²) in [5.41, 5.74) is 2.40. The van der Waals surface area contributed by atoms with Crippen molar-refractivity contribution in [2.45, 2.75) is 12.5 Å². The number of carbonyl (C=O) groups is 1. The standard InChI is InChI=1S/C25H28N4O3S2/c30-25(28-14-12-27(13-15-28)11-4-8-20-6-2-1-3-7-20)22-18-23(24-9-5-16-33-24)29(26-22)21-10-17-34(31,32)19-21/h1-9,16,18,21H,10-15,17,19H2/b8-4+/t21-/m0/s1. The Bertz CT molecular complexity index is 1260. The molecule has 0 saturated carbocycles. The third-order valence-corrected chi connectivity index (χ3v) is 9.06. The molecule has 7 nitrogen and oxygen atoms in total. The van der Waals surface area contributed by atoms with Crippen LogP contribution in [-0.2, 0) is 9.84 Å². The second-order valence-electron chi connectivity index (χ2n) is 8.80. The minimum absolute atomic E-state index is 0.0792. The van der Waals surface area contributed by atoms with Crippen LogP contribution in [0.1, 0.15) is 28.5 Å². The summed E-state index contributed by atoms with van der Waals surface area (Å²) in [4.78, 5) is 18.5. The van der Waals surface area contributed by atoms with E-state index in [1.165, 1.54) is 5.56 Å². The average molecular weight is 497 g/mol. The van der Waals surface area contributed by atoms with Crippen molar-refractivity contribution in [3.63, 3.8) is 0 Å². The van der Waals surface area contributed by atoms with E-state index in [9.17, 15) is 13.2 Å². The molecule has 0 N–H and O–H groups in total. The first kappa shape index (κ1) is 23.0. The van der Waals surface area contributed by atoms with Gasteiger partial charge in [0.1, 0.15) is 0 Å². The maximum absolute atomic E-state index is 13.3. The predicted octanol–water partition coefficient (Wildman–Crippen LogP) is 3.44. The van der Waals surface area contributed by atoms with Crippen LogP contribution in [0.15, 0.2) is 60.0 Å². The summed E-state index contributed by atoms with van der Waals surface area (Å²) >= 11 is 1.57. The summed E-state index contributed by atoms with van der Waals surface area (Å²) in [6.45, 7) is 3.77. The molecule has 2 saturated heterocycles. The van der Waals surface area contributed by atoms with Crippen LogP contribution in [0.5, 0.6) is 0 Å². The third kappa shape index (κ3) is 5.16. The van der Waals surface area contributed by atoms with Gasteiger partial charge in [0.2, 0.25) is 0 Å². The topological polar surface area (TPSA) is 75.5 Å². The number of amides is 1. The molecule has 4 heterocycles. The van der Waals surface area contributed by atoms with Gasteiger partial charge >= 0.3 is 0 Å². The zero-order chi connectivity index (χ0) is 23.5. The van der Waals surface area contributed by atoms with E-state index in [-0.39, 0.29) is 23.5 Å². The third-order valence-electron chi connectivity index (χ3n) is 6.42. The second-order valence-corrected chi connectivity index (χ2v) is 12.0. The molecule has 0 spiro atoms. The summed E-state index contributed by atoms with van der Waals surface area (Å²) in [6.07, 6.45) is 4.82. The largest absolute Gasteiger partial charge is 0.335 e. The lowest BCUT2D eigenvalue weighted by atomic mass is 10.2. The van der Waals surface area contributed by atoms with Crippen LogP contribution in [0, 0.1) is 0 Å². The lowest BCUT2D eigenvalue weighted by Crippen LogP contribution is -2.48. The van der Waals surface area contributed by atoms with Gasteiger partial charge in [-0.2, -0.15) is 5.10 Å². The van der Waals surface area contributed by atoms with Crippen molar-refractivity contribution in [3.05, 3.63) is 71.2 Å². The van der Waals surface area contributed by atoms with E-state index in [1.54, 1.807) is 16.0 Å². The van der Waals surface area contributed by atoms with Crippen LogP contribution in [-0.4, -0.2) is 78.1 Å². The number of carbonyl (C=O) groups excluding carboxylic acids is 1. The van der Waals surface area contributed by atoms with Crippen molar-refractivity contribution in [2.24, 2.45) is 0 Å². The van der Waals surface area contributed by atoms with Crippen molar-refractivity contribution < 1.29 is 13.2 Å². The average Bonchev–Trinajstić information content (AvgIpc) is 3.59. The molecule has 34 heavy (non-hydrogen) atoms. The van der Waals surface area contributed by atoms with Gasteiger partial charge < -0.3 is 4.90 Å². The molecule has 0 unspecified atom stereocenters. The minimum Gasteiger partial charge on any atom is -0.335 e. The molecular formula is C25H28N4O3S2. The number of benzene rings is 1. The molecule has 0 bridgehead atoms. The Morgan fingerprint density at radius 3 is 2.56 bits per heavy atom. The normalized spacial score (nSPS) is 20.8. The van der Waals surface area contributed by atoms with Gasteiger partial charge in [-0.05, 0) is 29.5 Å². The first-order valence-electron chi connectivity index (χ1n) is 11.6. The van der Waals surface area contributed by atoms with Crippen molar-refractivity contribution in [2.75, 3.05) is 44.2 Å². The molecule has 9 heteroatoms. The van der Waals surface area contributed by atoms with E-state index < -0.39 is 9.84 Å². The molecule has 178 valence electrons. The lowest BCUT2D eigenvalue weighted by molar-refractivity contribution is 0.0643. The molecule has 2 aromatic heterocycles. The van der Waals surface area contributed by atoms with Gasteiger partial charge in [-0.25, -0.2) is 8.42 Å². The fourth-order valence-corrected chi connectivity index (χ4v) is 6.98. The van der Waals surface area contributed by atoms with E-state index in [1.807, 2.05) is 46.7 Å². The number of piperazine rings is 1. The Labute approximate surface area is 204 Å². The highest BCUT2D eigenvalue weighted by Gasteiger charge is 2.33. The van der Waals surface area contributed by atoms with Gasteiger partial charge in [-0.1, -0.05) is 48.6 Å². The molecular weight excluding hydrogens is 468 g/mol. The van der Waals surface area contributed by atoms with Crippen molar-refractivity contribution in [1.29, 1.82) is 0 Å². The van der Waals surface area contributed by atoms with Gasteiger partial charge in [0.05, 0.1) is 28.1 Å². The van der Waals surface area contributed by atoms with Crippen LogP contribution < -0.4 is 0 Å². The predicted molar refractivity (Wildman–Crippen MR) is 136 cm³/mol. The minimum atomic E-state index is -3.06. The van der Waals surface area contributed by atoms with E-state index in [0.717, 1.165) is 30.2 Å². The highest BCUT2D eigenvalue weighted by molar-refractivity contribution is 7.91. The summed E-state index contributed by atoms with van der Waals surface area (Å²) in [5.74, 6) is 0.165. The van der Waals surface area contributed by atoms with Gasteiger partial charge in [0.25, 0.3) is 5.91 Å². The Morgan fingerprint density at radius 2 is 1.88 bits per heavy atom. The highest BCUT2D eigenvalue weighted by Crippen LogP contribution is 2.32. The zero-order valence-corrected chi connectivity index (χ0v) is 20.5. The Morgan fingerprint density at radius 1 is 1.09 bits per heavy atom. The molecule has 1 atom stereocenters. The smallest absolute Gasteiger partial charge is 0.274 e. The van der Waals surface area contributed by atoms with Gasteiger partial charge in [-0.3, -0.25) is 14.4 Å². The van der Waals surface area contributed by atoms with E-state index >= 15 is 0 Å². The number of nitrogens with zero attached hydrogens (tertiary/aromatic N) is 4.